The fourth-order valence-electron chi connectivity index (χ4n) is 2.30. The molecule has 0 aliphatic carbocycles. The van der Waals surface area contributed by atoms with Gasteiger partial charge in [0.05, 0.1) is 11.3 Å². The average molecular weight is 344 g/mol. The summed E-state index contributed by atoms with van der Waals surface area (Å²) in [6, 6.07) is 14.0. The molecule has 0 unspecified atom stereocenters. The number of benzene rings is 2. The fraction of sp³-hybridized carbons (Fsp3) is 0.125. The van der Waals surface area contributed by atoms with Crippen molar-refractivity contribution in [1.29, 1.82) is 0 Å². The third-order valence-corrected chi connectivity index (χ3v) is 4.90. The van der Waals surface area contributed by atoms with Gasteiger partial charge in [0.15, 0.2) is 5.69 Å². The van der Waals surface area contributed by atoms with Crippen LogP contribution in [0.15, 0.2) is 48.5 Å². The van der Waals surface area contributed by atoms with E-state index in [1.807, 2.05) is 24.3 Å². The summed E-state index contributed by atoms with van der Waals surface area (Å²) in [6.07, 6.45) is 0. The average Bonchev–Trinajstić information content (AvgIpc) is 3.00. The first-order valence-corrected chi connectivity index (χ1v) is 8.88. The summed E-state index contributed by atoms with van der Waals surface area (Å²) < 4.78 is 25.3. The molecule has 24 heavy (non-hydrogen) atoms. The van der Waals surface area contributed by atoms with E-state index >= 15 is 0 Å². The molecule has 0 fully saturated rings. The van der Waals surface area contributed by atoms with Crippen LogP contribution in [0.1, 0.15) is 16.1 Å². The van der Waals surface area contributed by atoms with Crippen LogP contribution in [0.3, 0.4) is 0 Å². The van der Waals surface area contributed by atoms with Crippen LogP contribution < -0.4 is 10.0 Å². The number of sulfonamides is 1. The first-order chi connectivity index (χ1) is 11.5. The number of hydrogen-bond donors (Lipinski definition) is 3. The molecule has 8 heteroatoms. The minimum Gasteiger partial charge on any atom is -0.321 e. The van der Waals surface area contributed by atoms with Crippen LogP contribution in [0.4, 0.5) is 5.69 Å². The number of para-hydroxylation sites is 1. The smallest absolute Gasteiger partial charge is 0.276 e. The second-order valence-corrected chi connectivity index (χ2v) is 7.16. The van der Waals surface area contributed by atoms with Crippen LogP contribution >= 0.6 is 0 Å². The molecule has 0 aliphatic heterocycles. The molecule has 1 heterocycles. The number of amides is 1. The van der Waals surface area contributed by atoms with E-state index in [2.05, 4.69) is 20.2 Å². The summed E-state index contributed by atoms with van der Waals surface area (Å²) in [6.45, 7) is 0. The topological polar surface area (TPSA) is 104 Å². The van der Waals surface area contributed by atoms with Gasteiger partial charge in [0, 0.05) is 11.1 Å². The highest BCUT2D eigenvalue weighted by atomic mass is 32.2. The molecule has 0 saturated heterocycles. The Balaban J connectivity index is 1.75. The Morgan fingerprint density at radius 3 is 2.54 bits per heavy atom. The van der Waals surface area contributed by atoms with E-state index in [1.165, 1.54) is 7.05 Å². The second-order valence-electron chi connectivity index (χ2n) is 5.23. The number of nitrogens with one attached hydrogen (secondary N) is 3. The maximum Gasteiger partial charge on any atom is 0.276 e. The van der Waals surface area contributed by atoms with Crippen molar-refractivity contribution in [3.8, 4) is 0 Å². The molecule has 3 aromatic rings. The molecular formula is C16H16N4O3S. The molecular weight excluding hydrogens is 328 g/mol. The van der Waals surface area contributed by atoms with Crippen molar-refractivity contribution in [1.82, 2.24) is 14.9 Å². The number of carbonyl (C=O) groups is 1. The molecule has 3 N–H and O–H groups in total. The van der Waals surface area contributed by atoms with Crippen LogP contribution in [-0.4, -0.2) is 31.6 Å². The van der Waals surface area contributed by atoms with Crippen molar-refractivity contribution in [3.63, 3.8) is 0 Å². The highest BCUT2D eigenvalue weighted by molar-refractivity contribution is 7.88. The predicted octanol–water partition coefficient (Wildman–Crippen LogP) is 1.86. The molecule has 7 nitrogen and oxygen atoms in total. The Hall–Kier alpha value is -2.71. The predicted molar refractivity (Wildman–Crippen MR) is 92.2 cm³/mol. The monoisotopic (exact) mass is 344 g/mol. The zero-order chi connectivity index (χ0) is 17.2. The number of hydrogen-bond acceptors (Lipinski definition) is 4. The summed E-state index contributed by atoms with van der Waals surface area (Å²) in [5.41, 5.74) is 2.30. The lowest BCUT2D eigenvalue weighted by molar-refractivity contribution is 0.102. The Kier molecular flexibility index (Phi) is 4.32. The number of aromatic nitrogens is 2. The summed E-state index contributed by atoms with van der Waals surface area (Å²) in [5, 5.41) is 10.4. The molecule has 1 aromatic heterocycles. The van der Waals surface area contributed by atoms with Gasteiger partial charge in [-0.15, -0.1) is 0 Å². The van der Waals surface area contributed by atoms with Crippen molar-refractivity contribution in [2.45, 2.75) is 5.75 Å². The van der Waals surface area contributed by atoms with Gasteiger partial charge in [-0.3, -0.25) is 9.89 Å². The summed E-state index contributed by atoms with van der Waals surface area (Å²) in [5.74, 6) is -0.440. The maximum absolute atomic E-state index is 12.3. The lowest BCUT2D eigenvalue weighted by Gasteiger charge is -2.06. The first-order valence-electron chi connectivity index (χ1n) is 7.23. The molecule has 0 atom stereocenters. The van der Waals surface area contributed by atoms with E-state index in [0.717, 1.165) is 10.9 Å². The maximum atomic E-state index is 12.3. The van der Waals surface area contributed by atoms with Crippen LogP contribution in [0.25, 0.3) is 10.9 Å². The van der Waals surface area contributed by atoms with Crippen LogP contribution in [0.5, 0.6) is 0 Å². The molecule has 0 saturated carbocycles. The number of rotatable bonds is 5. The van der Waals surface area contributed by atoms with Gasteiger partial charge >= 0.3 is 0 Å². The Labute approximate surface area is 139 Å². The van der Waals surface area contributed by atoms with Crippen molar-refractivity contribution < 1.29 is 13.2 Å². The zero-order valence-corrected chi connectivity index (χ0v) is 13.7. The van der Waals surface area contributed by atoms with Gasteiger partial charge < -0.3 is 5.32 Å². The van der Waals surface area contributed by atoms with Gasteiger partial charge in [-0.2, -0.15) is 5.10 Å². The fourth-order valence-corrected chi connectivity index (χ4v) is 3.08. The van der Waals surface area contributed by atoms with Crippen molar-refractivity contribution in [2.75, 3.05) is 12.4 Å². The lowest BCUT2D eigenvalue weighted by Crippen LogP contribution is -2.20. The summed E-state index contributed by atoms with van der Waals surface area (Å²) in [4.78, 5) is 12.3. The van der Waals surface area contributed by atoms with E-state index in [1.54, 1.807) is 24.3 Å². The minimum atomic E-state index is -3.32. The molecule has 1 amide bonds. The van der Waals surface area contributed by atoms with Gasteiger partial charge in [-0.25, -0.2) is 13.1 Å². The molecule has 0 aliphatic rings. The van der Waals surface area contributed by atoms with E-state index in [9.17, 15) is 13.2 Å². The van der Waals surface area contributed by atoms with Crippen molar-refractivity contribution in [2.24, 2.45) is 0 Å². The van der Waals surface area contributed by atoms with Gasteiger partial charge in [-0.1, -0.05) is 30.3 Å². The van der Waals surface area contributed by atoms with E-state index in [0.29, 0.717) is 16.9 Å². The zero-order valence-electron chi connectivity index (χ0n) is 12.9. The molecule has 2 aromatic carbocycles. The Morgan fingerprint density at radius 2 is 1.83 bits per heavy atom. The standard InChI is InChI=1S/C16H16N4O3S/c1-17-24(22,23)10-11-6-8-12(9-7-11)18-16(21)15-13-4-2-3-5-14(13)19-20-15/h2-9,17H,10H2,1H3,(H,18,21)(H,19,20). The Bertz CT molecular complexity index is 978. The normalized spacial score (nSPS) is 11.5. The van der Waals surface area contributed by atoms with Crippen molar-refractivity contribution in [3.05, 3.63) is 59.8 Å². The van der Waals surface area contributed by atoms with Crippen LogP contribution in [0, 0.1) is 0 Å². The first kappa shape index (κ1) is 16.2. The van der Waals surface area contributed by atoms with Crippen LogP contribution in [-0.2, 0) is 15.8 Å². The quantitative estimate of drug-likeness (QED) is 0.657. The molecule has 3 rings (SSSR count). The van der Waals surface area contributed by atoms with E-state index < -0.39 is 10.0 Å². The second kappa shape index (κ2) is 6.42. The molecule has 0 bridgehead atoms. The number of fused-ring (bicyclic) bond motifs is 1. The third-order valence-electron chi connectivity index (χ3n) is 3.56. The molecule has 124 valence electrons. The Morgan fingerprint density at radius 1 is 1.12 bits per heavy atom. The number of aromatic amines is 1. The summed E-state index contributed by atoms with van der Waals surface area (Å²) >= 11 is 0. The van der Waals surface area contributed by atoms with Gasteiger partial charge in [0.1, 0.15) is 0 Å². The molecule has 0 radical (unpaired) electrons. The van der Waals surface area contributed by atoms with Crippen molar-refractivity contribution >= 4 is 32.5 Å². The van der Waals surface area contributed by atoms with E-state index in [-0.39, 0.29) is 11.7 Å². The largest absolute Gasteiger partial charge is 0.321 e. The number of nitrogens with zero attached hydrogens (tertiary/aromatic N) is 1. The van der Waals surface area contributed by atoms with Gasteiger partial charge in [-0.05, 0) is 30.8 Å². The third kappa shape index (κ3) is 3.44. The SMILES string of the molecule is CNS(=O)(=O)Cc1ccc(NC(=O)c2n[nH]c3ccccc23)cc1. The number of H-pyrrole nitrogens is 1. The summed E-state index contributed by atoms with van der Waals surface area (Å²) in [7, 11) is -1.95. The highest BCUT2D eigenvalue weighted by Gasteiger charge is 2.14. The number of anilines is 1. The van der Waals surface area contributed by atoms with Crippen LogP contribution in [0.2, 0.25) is 0 Å². The lowest BCUT2D eigenvalue weighted by atomic mass is 10.2. The highest BCUT2D eigenvalue weighted by Crippen LogP contribution is 2.17. The number of carbonyl (C=O) groups excluding carboxylic acids is 1. The van der Waals surface area contributed by atoms with E-state index in [4.69, 9.17) is 0 Å². The van der Waals surface area contributed by atoms with Gasteiger partial charge in [0.2, 0.25) is 10.0 Å². The minimum absolute atomic E-state index is 0.109. The van der Waals surface area contributed by atoms with Gasteiger partial charge in [0.25, 0.3) is 5.91 Å². The molecule has 0 spiro atoms.